The molecule has 1 saturated carbocycles. The summed E-state index contributed by atoms with van der Waals surface area (Å²) in [5, 5.41) is 6.90. The number of piperazine rings is 1. The van der Waals surface area contributed by atoms with Gasteiger partial charge in [-0.05, 0) is 44.7 Å². The van der Waals surface area contributed by atoms with Gasteiger partial charge in [-0.2, -0.15) is 0 Å². The van der Waals surface area contributed by atoms with E-state index >= 15 is 0 Å². The Hall–Kier alpha value is -1.79. The van der Waals surface area contributed by atoms with Gasteiger partial charge in [0.15, 0.2) is 5.96 Å². The molecule has 1 aromatic rings. The zero-order chi connectivity index (χ0) is 20.5. The number of benzene rings is 1. The summed E-state index contributed by atoms with van der Waals surface area (Å²) in [5.74, 6) is 3.20. The van der Waals surface area contributed by atoms with E-state index in [9.17, 15) is 0 Å². The van der Waals surface area contributed by atoms with Gasteiger partial charge in [0.2, 0.25) is 0 Å². The number of likely N-dealkylation sites (N-methyl/N-ethyl adjacent to an activating group) is 1. The minimum atomic E-state index is 0.580. The number of para-hydroxylation sites is 1. The molecule has 3 rings (SSSR count). The van der Waals surface area contributed by atoms with Crippen molar-refractivity contribution in [1.29, 1.82) is 0 Å². The van der Waals surface area contributed by atoms with Crippen LogP contribution in [0.1, 0.15) is 32.3 Å². The van der Waals surface area contributed by atoms with Gasteiger partial charge in [0.25, 0.3) is 0 Å². The van der Waals surface area contributed by atoms with Crippen LogP contribution in [-0.2, 0) is 6.54 Å². The van der Waals surface area contributed by atoms with Crippen LogP contribution in [0.15, 0.2) is 29.3 Å². The Morgan fingerprint density at radius 1 is 1.17 bits per heavy atom. The molecule has 2 fully saturated rings. The number of hydrogen-bond donors (Lipinski definition) is 2. The van der Waals surface area contributed by atoms with Crippen molar-refractivity contribution in [2.45, 2.75) is 33.2 Å². The van der Waals surface area contributed by atoms with Crippen LogP contribution >= 0.6 is 0 Å². The van der Waals surface area contributed by atoms with Crippen LogP contribution in [0.4, 0.5) is 0 Å². The Labute approximate surface area is 176 Å². The number of hydrogen-bond acceptors (Lipinski definition) is 4. The fourth-order valence-electron chi connectivity index (χ4n) is 3.58. The molecule has 0 bridgehead atoms. The summed E-state index contributed by atoms with van der Waals surface area (Å²) in [4.78, 5) is 9.79. The molecule has 0 radical (unpaired) electrons. The van der Waals surface area contributed by atoms with Crippen LogP contribution in [0.5, 0.6) is 5.75 Å². The van der Waals surface area contributed by atoms with Crippen LogP contribution in [0, 0.1) is 11.8 Å². The number of aliphatic imine (C=N–C) groups is 1. The molecule has 0 spiro atoms. The number of guanidine groups is 1. The third-order valence-electron chi connectivity index (χ3n) is 5.68. The predicted octanol–water partition coefficient (Wildman–Crippen LogP) is 2.41. The van der Waals surface area contributed by atoms with Crippen LogP contribution in [0.2, 0.25) is 0 Å². The molecule has 1 saturated heterocycles. The maximum Gasteiger partial charge on any atom is 0.191 e. The zero-order valence-corrected chi connectivity index (χ0v) is 18.5. The van der Waals surface area contributed by atoms with Gasteiger partial charge in [-0.25, -0.2) is 4.99 Å². The van der Waals surface area contributed by atoms with Crippen molar-refractivity contribution >= 4 is 5.96 Å². The highest BCUT2D eigenvalue weighted by molar-refractivity contribution is 5.79. The van der Waals surface area contributed by atoms with Gasteiger partial charge in [-0.3, -0.25) is 0 Å². The van der Waals surface area contributed by atoms with Crippen molar-refractivity contribution in [2.75, 3.05) is 59.5 Å². The molecule has 162 valence electrons. The molecular formula is C23H39N5O. The number of nitrogens with zero attached hydrogens (tertiary/aromatic N) is 3. The van der Waals surface area contributed by atoms with Crippen LogP contribution < -0.4 is 15.4 Å². The number of rotatable bonds is 10. The van der Waals surface area contributed by atoms with Crippen LogP contribution in [0.3, 0.4) is 0 Å². The zero-order valence-electron chi connectivity index (χ0n) is 18.5. The minimum Gasteiger partial charge on any atom is -0.493 e. The third kappa shape index (κ3) is 7.86. The van der Waals surface area contributed by atoms with E-state index < -0.39 is 0 Å². The second-order valence-electron chi connectivity index (χ2n) is 8.65. The Morgan fingerprint density at radius 3 is 2.66 bits per heavy atom. The molecule has 1 aliphatic carbocycles. The smallest absolute Gasteiger partial charge is 0.191 e. The summed E-state index contributed by atoms with van der Waals surface area (Å²) in [7, 11) is 2.20. The second kappa shape index (κ2) is 11.4. The molecule has 2 N–H and O–H groups in total. The standard InChI is InChI=1S/C23H39N5O/c1-4-24-23(25-15-19(2)17-28-13-11-27(3)12-14-28)26-16-21-7-5-6-8-22(21)29-18-20-9-10-20/h5-8,19-20H,4,9-18H2,1-3H3,(H2,24,25,26). The van der Waals surface area contributed by atoms with Crippen molar-refractivity contribution in [2.24, 2.45) is 16.8 Å². The van der Waals surface area contributed by atoms with Crippen molar-refractivity contribution in [3.8, 4) is 5.75 Å². The van der Waals surface area contributed by atoms with E-state index in [1.807, 2.05) is 6.07 Å². The van der Waals surface area contributed by atoms with Crippen LogP contribution in [-0.4, -0.2) is 75.2 Å². The van der Waals surface area contributed by atoms with E-state index in [1.54, 1.807) is 0 Å². The quantitative estimate of drug-likeness (QED) is 0.466. The number of nitrogens with one attached hydrogen (secondary N) is 2. The normalized spacial score (nSPS) is 19.8. The van der Waals surface area contributed by atoms with Crippen molar-refractivity contribution in [3.63, 3.8) is 0 Å². The Bertz CT molecular complexity index is 638. The van der Waals surface area contributed by atoms with E-state index in [2.05, 4.69) is 59.5 Å². The molecule has 6 heteroatoms. The summed E-state index contributed by atoms with van der Waals surface area (Å²) >= 11 is 0. The first-order chi connectivity index (χ1) is 14.1. The molecule has 6 nitrogen and oxygen atoms in total. The van der Waals surface area contributed by atoms with Crippen molar-refractivity contribution in [3.05, 3.63) is 29.8 Å². The lowest BCUT2D eigenvalue weighted by atomic mass is 10.1. The van der Waals surface area contributed by atoms with Gasteiger partial charge in [0.05, 0.1) is 13.2 Å². The predicted molar refractivity (Wildman–Crippen MR) is 121 cm³/mol. The SMILES string of the molecule is CCNC(=NCc1ccccc1OCC1CC1)NCC(C)CN1CCN(C)CC1. The molecule has 1 aliphatic heterocycles. The highest BCUT2D eigenvalue weighted by Crippen LogP contribution is 2.30. The average molecular weight is 402 g/mol. The summed E-state index contributed by atoms with van der Waals surface area (Å²) in [6.45, 7) is 13.5. The first-order valence-electron chi connectivity index (χ1n) is 11.3. The summed E-state index contributed by atoms with van der Waals surface area (Å²) in [5.41, 5.74) is 1.15. The second-order valence-corrected chi connectivity index (χ2v) is 8.65. The Kier molecular flexibility index (Phi) is 8.62. The molecule has 1 atom stereocenters. The van der Waals surface area contributed by atoms with Gasteiger partial charge in [0, 0.05) is 51.4 Å². The topological polar surface area (TPSA) is 52.1 Å². The van der Waals surface area contributed by atoms with Gasteiger partial charge in [-0.15, -0.1) is 0 Å². The maximum atomic E-state index is 6.02. The fourth-order valence-corrected chi connectivity index (χ4v) is 3.58. The monoisotopic (exact) mass is 401 g/mol. The van der Waals surface area contributed by atoms with Crippen molar-refractivity contribution in [1.82, 2.24) is 20.4 Å². The Balaban J connectivity index is 1.47. The lowest BCUT2D eigenvalue weighted by Crippen LogP contribution is -2.47. The molecule has 0 amide bonds. The first-order valence-corrected chi connectivity index (χ1v) is 11.3. The lowest BCUT2D eigenvalue weighted by Gasteiger charge is -2.34. The summed E-state index contributed by atoms with van der Waals surface area (Å²) in [6.07, 6.45) is 2.61. The van der Waals surface area contributed by atoms with Crippen LogP contribution in [0.25, 0.3) is 0 Å². The molecule has 29 heavy (non-hydrogen) atoms. The molecule has 2 aliphatic rings. The van der Waals surface area contributed by atoms with E-state index in [0.717, 1.165) is 49.4 Å². The molecule has 1 heterocycles. The van der Waals surface area contributed by atoms with Gasteiger partial charge < -0.3 is 25.2 Å². The minimum absolute atomic E-state index is 0.580. The summed E-state index contributed by atoms with van der Waals surface area (Å²) < 4.78 is 6.02. The Morgan fingerprint density at radius 2 is 1.93 bits per heavy atom. The van der Waals surface area contributed by atoms with E-state index in [-0.39, 0.29) is 0 Å². The maximum absolute atomic E-state index is 6.02. The highest BCUT2D eigenvalue weighted by Gasteiger charge is 2.22. The fraction of sp³-hybridized carbons (Fsp3) is 0.696. The van der Waals surface area contributed by atoms with Gasteiger partial charge in [0.1, 0.15) is 5.75 Å². The summed E-state index contributed by atoms with van der Waals surface area (Å²) in [6, 6.07) is 8.28. The molecule has 1 unspecified atom stereocenters. The number of ether oxygens (including phenoxy) is 1. The highest BCUT2D eigenvalue weighted by atomic mass is 16.5. The molecule has 0 aromatic heterocycles. The van der Waals surface area contributed by atoms with Gasteiger partial charge in [-0.1, -0.05) is 25.1 Å². The average Bonchev–Trinajstić information content (AvgIpc) is 3.55. The van der Waals surface area contributed by atoms with E-state index in [1.165, 1.54) is 39.0 Å². The van der Waals surface area contributed by atoms with Crippen molar-refractivity contribution < 1.29 is 4.74 Å². The molecular weight excluding hydrogens is 362 g/mol. The third-order valence-corrected chi connectivity index (χ3v) is 5.68. The lowest BCUT2D eigenvalue weighted by molar-refractivity contribution is 0.139. The van der Waals surface area contributed by atoms with E-state index in [4.69, 9.17) is 9.73 Å². The van der Waals surface area contributed by atoms with E-state index in [0.29, 0.717) is 12.5 Å². The van der Waals surface area contributed by atoms with Gasteiger partial charge >= 0.3 is 0 Å². The molecule has 1 aromatic carbocycles. The first kappa shape index (κ1) is 21.9. The largest absolute Gasteiger partial charge is 0.493 e.